The summed E-state index contributed by atoms with van der Waals surface area (Å²) in [5.74, 6) is 0.410. The highest BCUT2D eigenvalue weighted by Crippen LogP contribution is 2.27. The van der Waals surface area contributed by atoms with Gasteiger partial charge < -0.3 is 9.64 Å². The number of carbonyl (C=O) groups excluding carboxylic acids is 1. The second-order valence-electron chi connectivity index (χ2n) is 5.90. The monoisotopic (exact) mass is 320 g/mol. The molecule has 0 N–H and O–H groups in total. The van der Waals surface area contributed by atoms with Crippen LogP contribution >= 0.6 is 0 Å². The first-order valence-corrected chi connectivity index (χ1v) is 8.29. The van der Waals surface area contributed by atoms with Crippen LogP contribution in [0.25, 0.3) is 0 Å². The largest absolute Gasteiger partial charge is 0.474 e. The number of nitriles is 1. The summed E-state index contributed by atoms with van der Waals surface area (Å²) in [5.41, 5.74) is 1.24. The van der Waals surface area contributed by atoms with Crippen molar-refractivity contribution >= 4 is 5.91 Å². The minimum atomic E-state index is -0.723. The normalized spacial score (nSPS) is 15.4. The third-order valence-corrected chi connectivity index (χ3v) is 4.25. The lowest BCUT2D eigenvalue weighted by atomic mass is 10.1. The van der Waals surface area contributed by atoms with Crippen LogP contribution in [0.15, 0.2) is 54.6 Å². The zero-order valence-corrected chi connectivity index (χ0v) is 13.5. The van der Waals surface area contributed by atoms with Gasteiger partial charge in [-0.2, -0.15) is 5.26 Å². The van der Waals surface area contributed by atoms with E-state index in [1.807, 2.05) is 41.3 Å². The molecule has 122 valence electrons. The van der Waals surface area contributed by atoms with E-state index in [4.69, 9.17) is 4.74 Å². The van der Waals surface area contributed by atoms with Gasteiger partial charge in [0.25, 0.3) is 5.91 Å². The van der Waals surface area contributed by atoms with Crippen molar-refractivity contribution in [3.63, 3.8) is 0 Å². The number of para-hydroxylation sites is 1. The zero-order chi connectivity index (χ0) is 16.8. The molecule has 0 saturated carbocycles. The number of carbonyl (C=O) groups is 1. The molecule has 2 aromatic carbocycles. The minimum absolute atomic E-state index is 0.0337. The number of hydrogen-bond acceptors (Lipinski definition) is 3. The maximum absolute atomic E-state index is 13.0. The molecule has 0 spiro atoms. The summed E-state index contributed by atoms with van der Waals surface area (Å²) in [7, 11) is 0. The standard InChI is InChI=1S/C20H20N2O2/c21-15-17-11-5-6-12-18(17)24-19(16-9-3-1-4-10-16)20(23)22-13-7-2-8-14-22/h1,3-6,9-12,19H,2,7-8,13-14H2/t19-/m0/s1. The van der Waals surface area contributed by atoms with Crippen LogP contribution in [-0.2, 0) is 4.79 Å². The first kappa shape index (κ1) is 16.1. The van der Waals surface area contributed by atoms with Crippen molar-refractivity contribution < 1.29 is 9.53 Å². The SMILES string of the molecule is N#Cc1ccccc1O[C@H](C(=O)N1CCCCC1)c1ccccc1. The van der Waals surface area contributed by atoms with E-state index in [0.29, 0.717) is 11.3 Å². The fourth-order valence-corrected chi connectivity index (χ4v) is 2.96. The highest BCUT2D eigenvalue weighted by molar-refractivity contribution is 5.83. The number of likely N-dealkylation sites (tertiary alicyclic amines) is 1. The van der Waals surface area contributed by atoms with Crippen molar-refractivity contribution in [3.05, 3.63) is 65.7 Å². The van der Waals surface area contributed by atoms with Crippen LogP contribution < -0.4 is 4.74 Å². The third-order valence-electron chi connectivity index (χ3n) is 4.25. The summed E-state index contributed by atoms with van der Waals surface area (Å²) in [6, 6.07) is 18.6. The highest BCUT2D eigenvalue weighted by atomic mass is 16.5. The minimum Gasteiger partial charge on any atom is -0.474 e. The van der Waals surface area contributed by atoms with Gasteiger partial charge in [0, 0.05) is 18.7 Å². The van der Waals surface area contributed by atoms with E-state index in [-0.39, 0.29) is 5.91 Å². The number of rotatable bonds is 4. The molecule has 0 aromatic heterocycles. The molecule has 3 rings (SSSR count). The van der Waals surface area contributed by atoms with Crippen LogP contribution in [0.5, 0.6) is 5.75 Å². The van der Waals surface area contributed by atoms with Gasteiger partial charge in [-0.25, -0.2) is 0 Å². The first-order valence-electron chi connectivity index (χ1n) is 8.29. The van der Waals surface area contributed by atoms with Crippen molar-refractivity contribution in [2.24, 2.45) is 0 Å². The fourth-order valence-electron chi connectivity index (χ4n) is 2.96. The Labute approximate surface area is 142 Å². The molecule has 24 heavy (non-hydrogen) atoms. The van der Waals surface area contributed by atoms with Crippen LogP contribution in [-0.4, -0.2) is 23.9 Å². The molecule has 0 bridgehead atoms. The molecular weight excluding hydrogens is 300 g/mol. The molecule has 1 aliphatic heterocycles. The maximum Gasteiger partial charge on any atom is 0.268 e. The van der Waals surface area contributed by atoms with Crippen molar-refractivity contribution in [1.82, 2.24) is 4.90 Å². The Morgan fingerprint density at radius 3 is 2.38 bits per heavy atom. The molecule has 0 radical (unpaired) electrons. The van der Waals surface area contributed by atoms with E-state index in [1.165, 1.54) is 0 Å². The van der Waals surface area contributed by atoms with E-state index in [9.17, 15) is 10.1 Å². The summed E-state index contributed by atoms with van der Waals surface area (Å²) in [4.78, 5) is 14.9. The Balaban J connectivity index is 1.90. The third kappa shape index (κ3) is 3.57. The quantitative estimate of drug-likeness (QED) is 0.863. The molecule has 0 aliphatic carbocycles. The Morgan fingerprint density at radius 1 is 1.00 bits per heavy atom. The molecule has 0 unspecified atom stereocenters. The number of amides is 1. The van der Waals surface area contributed by atoms with Gasteiger partial charge in [-0.1, -0.05) is 42.5 Å². The topological polar surface area (TPSA) is 53.3 Å². The summed E-state index contributed by atoms with van der Waals surface area (Å²) in [6.45, 7) is 1.54. The molecule has 1 heterocycles. The number of benzene rings is 2. The van der Waals surface area contributed by atoms with Crippen molar-refractivity contribution in [3.8, 4) is 11.8 Å². The van der Waals surface area contributed by atoms with Gasteiger partial charge in [-0.05, 0) is 31.4 Å². The van der Waals surface area contributed by atoms with Crippen molar-refractivity contribution in [2.45, 2.75) is 25.4 Å². The molecule has 4 heteroatoms. The Kier molecular flexibility index (Phi) is 5.12. The van der Waals surface area contributed by atoms with E-state index in [2.05, 4.69) is 6.07 Å². The molecule has 1 amide bonds. The lowest BCUT2D eigenvalue weighted by Crippen LogP contribution is -2.40. The lowest BCUT2D eigenvalue weighted by molar-refractivity contribution is -0.140. The predicted molar refractivity (Wildman–Crippen MR) is 91.4 cm³/mol. The number of ether oxygens (including phenoxy) is 1. The number of piperidine rings is 1. The summed E-state index contributed by atoms with van der Waals surface area (Å²) < 4.78 is 6.02. The van der Waals surface area contributed by atoms with E-state index < -0.39 is 6.10 Å². The molecule has 1 saturated heterocycles. The second kappa shape index (κ2) is 7.65. The van der Waals surface area contributed by atoms with Crippen LogP contribution in [0.4, 0.5) is 0 Å². The van der Waals surface area contributed by atoms with Gasteiger partial charge in [0.15, 0.2) is 0 Å². The fraction of sp³-hybridized carbons (Fsp3) is 0.300. The van der Waals surface area contributed by atoms with E-state index >= 15 is 0 Å². The van der Waals surface area contributed by atoms with Crippen LogP contribution in [0, 0.1) is 11.3 Å². The first-order chi connectivity index (χ1) is 11.8. The predicted octanol–water partition coefficient (Wildman–Crippen LogP) is 3.69. The molecule has 1 atom stereocenters. The van der Waals surface area contributed by atoms with Crippen molar-refractivity contribution in [1.29, 1.82) is 5.26 Å². The average molecular weight is 320 g/mol. The smallest absolute Gasteiger partial charge is 0.268 e. The molecule has 1 fully saturated rings. The van der Waals surface area contributed by atoms with Gasteiger partial charge in [0.2, 0.25) is 6.10 Å². The van der Waals surface area contributed by atoms with Gasteiger partial charge in [0.1, 0.15) is 11.8 Å². The van der Waals surface area contributed by atoms with Gasteiger partial charge in [-0.3, -0.25) is 4.79 Å². The summed E-state index contributed by atoms with van der Waals surface area (Å²) in [6.07, 6.45) is 2.50. The highest BCUT2D eigenvalue weighted by Gasteiger charge is 2.29. The number of nitrogens with zero attached hydrogens (tertiary/aromatic N) is 2. The Morgan fingerprint density at radius 2 is 1.67 bits per heavy atom. The summed E-state index contributed by atoms with van der Waals surface area (Å²) >= 11 is 0. The maximum atomic E-state index is 13.0. The number of hydrogen-bond donors (Lipinski definition) is 0. The molecule has 4 nitrogen and oxygen atoms in total. The second-order valence-corrected chi connectivity index (χ2v) is 5.90. The Hall–Kier alpha value is -2.80. The van der Waals surface area contributed by atoms with Crippen LogP contribution in [0.2, 0.25) is 0 Å². The lowest BCUT2D eigenvalue weighted by Gasteiger charge is -2.30. The van der Waals surface area contributed by atoms with Crippen LogP contribution in [0.1, 0.15) is 36.5 Å². The average Bonchev–Trinajstić information content (AvgIpc) is 2.67. The van der Waals surface area contributed by atoms with Crippen LogP contribution in [0.3, 0.4) is 0 Å². The van der Waals surface area contributed by atoms with E-state index in [1.54, 1.807) is 18.2 Å². The van der Waals surface area contributed by atoms with E-state index in [0.717, 1.165) is 37.9 Å². The van der Waals surface area contributed by atoms with Gasteiger partial charge in [0.05, 0.1) is 5.56 Å². The Bertz CT molecular complexity index is 731. The zero-order valence-electron chi connectivity index (χ0n) is 13.5. The van der Waals surface area contributed by atoms with Gasteiger partial charge >= 0.3 is 0 Å². The molecule has 2 aromatic rings. The molecular formula is C20H20N2O2. The molecule has 1 aliphatic rings. The van der Waals surface area contributed by atoms with Gasteiger partial charge in [-0.15, -0.1) is 0 Å². The van der Waals surface area contributed by atoms with Crippen molar-refractivity contribution in [2.75, 3.05) is 13.1 Å². The summed E-state index contributed by atoms with van der Waals surface area (Å²) in [5, 5.41) is 9.26.